The van der Waals surface area contributed by atoms with Crippen molar-refractivity contribution >= 4 is 22.6 Å². The second kappa shape index (κ2) is 10.9. The van der Waals surface area contributed by atoms with Crippen molar-refractivity contribution in [3.05, 3.63) is 65.4 Å². The fourth-order valence-electron chi connectivity index (χ4n) is 7.20. The number of ether oxygens (including phenoxy) is 1. The molecule has 4 heterocycles. The van der Waals surface area contributed by atoms with E-state index >= 15 is 4.39 Å². The molecule has 7 rings (SSSR count). The lowest BCUT2D eigenvalue weighted by molar-refractivity contribution is -0.128. The van der Waals surface area contributed by atoms with Crippen molar-refractivity contribution in [1.29, 1.82) is 0 Å². The lowest BCUT2D eigenvalue weighted by Gasteiger charge is -2.39. The molecule has 0 radical (unpaired) electrons. The Morgan fingerprint density at radius 2 is 2.09 bits per heavy atom. The van der Waals surface area contributed by atoms with Crippen LogP contribution in [0.1, 0.15) is 36.8 Å². The molecule has 222 valence electrons. The lowest BCUT2D eigenvalue weighted by Crippen LogP contribution is -2.56. The Bertz CT molecular complexity index is 1650. The molecule has 0 N–H and O–H groups in total. The number of pyridine rings is 1. The molecular weight excluding hydrogens is 545 g/mol. The van der Waals surface area contributed by atoms with Gasteiger partial charge in [0.05, 0.1) is 5.39 Å². The second-order valence-corrected chi connectivity index (χ2v) is 12.6. The number of benzene rings is 1. The molecule has 3 fully saturated rings. The van der Waals surface area contributed by atoms with Crippen molar-refractivity contribution in [3.63, 3.8) is 0 Å². The first-order chi connectivity index (χ1) is 20.9. The number of fused-ring (bicyclic) bond motifs is 2. The first kappa shape index (κ1) is 27.7. The summed E-state index contributed by atoms with van der Waals surface area (Å²) in [5.41, 5.74) is 4.16. The van der Waals surface area contributed by atoms with Gasteiger partial charge in [0.25, 0.3) is 0 Å². The minimum Gasteiger partial charge on any atom is -0.462 e. The van der Waals surface area contributed by atoms with Crippen LogP contribution in [0, 0.1) is 17.8 Å². The van der Waals surface area contributed by atoms with E-state index in [2.05, 4.69) is 39.4 Å². The molecule has 43 heavy (non-hydrogen) atoms. The van der Waals surface area contributed by atoms with Crippen molar-refractivity contribution in [1.82, 2.24) is 24.8 Å². The molecule has 4 aliphatic rings. The van der Waals surface area contributed by atoms with Crippen LogP contribution in [0.4, 0.5) is 10.2 Å². The number of likely N-dealkylation sites (N-methyl/N-ethyl adjacent to an activating group) is 1. The number of hydrogen-bond donors (Lipinski definition) is 0. The van der Waals surface area contributed by atoms with E-state index in [9.17, 15) is 4.79 Å². The first-order valence-electron chi connectivity index (χ1n) is 15.2. The molecule has 2 aromatic heterocycles. The van der Waals surface area contributed by atoms with E-state index in [1.165, 1.54) is 30.0 Å². The van der Waals surface area contributed by atoms with E-state index in [1.807, 2.05) is 17.0 Å². The number of anilines is 1. The molecular formula is C33H36FN7O2. The maximum atomic E-state index is 16.6. The maximum Gasteiger partial charge on any atom is 0.319 e. The van der Waals surface area contributed by atoms with E-state index in [0.717, 1.165) is 37.8 Å². The summed E-state index contributed by atoms with van der Waals surface area (Å²) >= 11 is 0. The van der Waals surface area contributed by atoms with Gasteiger partial charge >= 0.3 is 6.01 Å². The van der Waals surface area contributed by atoms with Crippen LogP contribution in [0.25, 0.3) is 27.0 Å². The van der Waals surface area contributed by atoms with Crippen LogP contribution in [-0.2, 0) is 17.6 Å². The Kier molecular flexibility index (Phi) is 7.01. The highest BCUT2D eigenvalue weighted by Gasteiger charge is 2.47. The summed E-state index contributed by atoms with van der Waals surface area (Å²) in [6.45, 7) is 13.9. The predicted molar refractivity (Wildman–Crippen MR) is 162 cm³/mol. The van der Waals surface area contributed by atoms with Gasteiger partial charge in [0.15, 0.2) is 5.82 Å². The van der Waals surface area contributed by atoms with Crippen LogP contribution < -0.4 is 9.64 Å². The van der Waals surface area contributed by atoms with Gasteiger partial charge in [-0.2, -0.15) is 9.97 Å². The normalized spacial score (nSPS) is 22.5. The molecule has 9 nitrogen and oxygen atoms in total. The highest BCUT2D eigenvalue weighted by Crippen LogP contribution is 2.57. The Balaban J connectivity index is 1.29. The minimum absolute atomic E-state index is 0.125. The topological polar surface area (TPSA) is 79.1 Å². The van der Waals surface area contributed by atoms with E-state index in [1.54, 1.807) is 11.1 Å². The van der Waals surface area contributed by atoms with E-state index in [0.29, 0.717) is 48.6 Å². The fourth-order valence-corrected chi connectivity index (χ4v) is 7.20. The molecule has 0 unspecified atom stereocenters. The number of rotatable bonds is 7. The molecule has 1 aromatic carbocycles. The minimum atomic E-state index is -0.479. The third-order valence-corrected chi connectivity index (χ3v) is 9.86. The number of amides is 1. The zero-order chi connectivity index (χ0) is 29.7. The SMILES string of the molecule is [C-]#[N+]C[C@H]1CN(c2nc(OC[C@@H]3CCCN3C)nc3c(F)c(-c4cccc5c4CC4(CC4)C5)ncc23)CCN1C(=O)C=C. The number of piperazine rings is 1. The van der Waals surface area contributed by atoms with E-state index < -0.39 is 5.82 Å². The van der Waals surface area contributed by atoms with Gasteiger partial charge in [-0.15, -0.1) is 0 Å². The zero-order valence-electron chi connectivity index (χ0n) is 24.6. The van der Waals surface area contributed by atoms with Gasteiger partial charge in [0.1, 0.15) is 29.7 Å². The summed E-state index contributed by atoms with van der Waals surface area (Å²) in [5, 5.41) is 0.489. The van der Waals surface area contributed by atoms with Gasteiger partial charge in [0, 0.05) is 37.4 Å². The van der Waals surface area contributed by atoms with Crippen LogP contribution in [-0.4, -0.2) is 89.1 Å². The molecule has 2 atom stereocenters. The molecule has 2 saturated heterocycles. The van der Waals surface area contributed by atoms with Crippen molar-refractivity contribution in [2.75, 3.05) is 51.3 Å². The average molecular weight is 582 g/mol. The summed E-state index contributed by atoms with van der Waals surface area (Å²) in [6, 6.07) is 6.15. The quantitative estimate of drug-likeness (QED) is 0.304. The van der Waals surface area contributed by atoms with Crippen LogP contribution in [0.3, 0.4) is 0 Å². The van der Waals surface area contributed by atoms with Crippen molar-refractivity contribution in [3.8, 4) is 17.3 Å². The largest absolute Gasteiger partial charge is 0.462 e. The van der Waals surface area contributed by atoms with E-state index in [4.69, 9.17) is 16.3 Å². The smallest absolute Gasteiger partial charge is 0.319 e. The highest BCUT2D eigenvalue weighted by atomic mass is 19.1. The van der Waals surface area contributed by atoms with Crippen LogP contribution in [0.5, 0.6) is 6.01 Å². The van der Waals surface area contributed by atoms with Crippen molar-refractivity contribution in [2.24, 2.45) is 5.41 Å². The maximum absolute atomic E-state index is 16.6. The molecule has 1 saturated carbocycles. The molecule has 2 aliphatic heterocycles. The number of halogens is 1. The van der Waals surface area contributed by atoms with Gasteiger partial charge in [-0.25, -0.2) is 11.0 Å². The van der Waals surface area contributed by atoms with Gasteiger partial charge in [-0.05, 0) is 74.7 Å². The third-order valence-electron chi connectivity index (χ3n) is 9.86. The van der Waals surface area contributed by atoms with Crippen LogP contribution in [0.15, 0.2) is 37.1 Å². The number of nitrogens with zero attached hydrogens (tertiary/aromatic N) is 7. The van der Waals surface area contributed by atoms with Gasteiger partial charge in [0.2, 0.25) is 12.5 Å². The number of carbonyl (C=O) groups is 1. The van der Waals surface area contributed by atoms with Gasteiger partial charge < -0.3 is 24.3 Å². The monoisotopic (exact) mass is 581 g/mol. The first-order valence-corrected chi connectivity index (χ1v) is 15.2. The third kappa shape index (κ3) is 4.99. The summed E-state index contributed by atoms with van der Waals surface area (Å²) in [6.07, 6.45) is 9.55. The molecule has 0 bridgehead atoms. The van der Waals surface area contributed by atoms with Crippen molar-refractivity contribution in [2.45, 2.75) is 50.6 Å². The molecule has 1 spiro atoms. The number of aromatic nitrogens is 3. The van der Waals surface area contributed by atoms with E-state index in [-0.39, 0.29) is 36.1 Å². The Hall–Kier alpha value is -4.10. The molecule has 10 heteroatoms. The summed E-state index contributed by atoms with van der Waals surface area (Å²) in [5.74, 6) is -0.174. The molecule has 1 amide bonds. The van der Waals surface area contributed by atoms with Crippen LogP contribution >= 0.6 is 0 Å². The zero-order valence-corrected chi connectivity index (χ0v) is 24.6. The van der Waals surface area contributed by atoms with Gasteiger partial charge in [-0.3, -0.25) is 9.78 Å². The number of hydrogen-bond acceptors (Lipinski definition) is 7. The fraction of sp³-hybridized carbons (Fsp3) is 0.485. The Morgan fingerprint density at radius 3 is 2.84 bits per heavy atom. The summed E-state index contributed by atoms with van der Waals surface area (Å²) in [7, 11) is 2.08. The molecule has 3 aromatic rings. The standard InChI is InChI=1S/C33H36FN7O2/c1-4-27(42)41-14-13-40(19-23(41)17-35-2)31-26-18-36-29(24-9-5-7-21-15-33(10-11-33)16-25(21)24)28(34)30(26)37-32(38-31)43-20-22-8-6-12-39(22)3/h4-5,7,9,18,22-23H,1,6,8,10-17,19-20H2,3H3/t22-,23-/m0/s1. The lowest BCUT2D eigenvalue weighted by atomic mass is 9.98. The number of likely N-dealkylation sites (tertiary alicyclic amines) is 1. The average Bonchev–Trinajstić information content (AvgIpc) is 3.46. The van der Waals surface area contributed by atoms with Gasteiger partial charge in [-0.1, -0.05) is 24.8 Å². The summed E-state index contributed by atoms with van der Waals surface area (Å²) < 4.78 is 22.8. The number of carbonyl (C=O) groups excluding carboxylic acids is 1. The Morgan fingerprint density at radius 1 is 1.23 bits per heavy atom. The Labute approximate surface area is 251 Å². The second-order valence-electron chi connectivity index (χ2n) is 12.6. The summed E-state index contributed by atoms with van der Waals surface area (Å²) in [4.78, 5) is 36.1. The van der Waals surface area contributed by atoms with Crippen LogP contribution in [0.2, 0.25) is 0 Å². The predicted octanol–water partition coefficient (Wildman–Crippen LogP) is 4.31. The van der Waals surface area contributed by atoms with Crippen molar-refractivity contribution < 1.29 is 13.9 Å². The molecule has 2 aliphatic carbocycles. The highest BCUT2D eigenvalue weighted by molar-refractivity contribution is 5.93.